The van der Waals surface area contributed by atoms with Crippen molar-refractivity contribution in [3.63, 3.8) is 0 Å². The van der Waals surface area contributed by atoms with Gasteiger partial charge in [-0.25, -0.2) is 4.99 Å². The molecule has 1 aromatic heterocycles. The van der Waals surface area contributed by atoms with Crippen LogP contribution >= 0.6 is 0 Å². The molecule has 1 aliphatic heterocycles. The third-order valence-electron chi connectivity index (χ3n) is 1.92. The average Bonchev–Trinajstić information content (AvgIpc) is 2.39. The Morgan fingerprint density at radius 1 is 1.46 bits per heavy atom. The van der Waals surface area contributed by atoms with Crippen LogP contribution in [0, 0.1) is 0 Å². The van der Waals surface area contributed by atoms with Crippen LogP contribution in [0.2, 0.25) is 0 Å². The van der Waals surface area contributed by atoms with Crippen LogP contribution in [-0.4, -0.2) is 18.0 Å². The molecule has 0 saturated heterocycles. The highest BCUT2D eigenvalue weighted by molar-refractivity contribution is 5.94. The Balaban J connectivity index is 2.53. The molecule has 0 atom stereocenters. The van der Waals surface area contributed by atoms with Gasteiger partial charge >= 0.3 is 0 Å². The van der Waals surface area contributed by atoms with Crippen molar-refractivity contribution in [2.24, 2.45) is 4.99 Å². The summed E-state index contributed by atoms with van der Waals surface area (Å²) in [6, 6.07) is 3.96. The van der Waals surface area contributed by atoms with E-state index in [2.05, 4.69) is 9.98 Å². The van der Waals surface area contributed by atoms with Crippen LogP contribution in [-0.2, 0) is 11.2 Å². The van der Waals surface area contributed by atoms with Crippen LogP contribution in [0.4, 0.5) is 0 Å². The number of aromatic nitrogens is 1. The summed E-state index contributed by atoms with van der Waals surface area (Å²) in [5, 5.41) is 0. The predicted molar refractivity (Wildman–Crippen MR) is 50.6 cm³/mol. The lowest BCUT2D eigenvalue weighted by Gasteiger charge is -2.05. The van der Waals surface area contributed by atoms with Crippen molar-refractivity contribution < 1.29 is 4.74 Å². The molecule has 0 aromatic carbocycles. The number of rotatable bonds is 0. The van der Waals surface area contributed by atoms with E-state index < -0.39 is 0 Å². The molecule has 0 unspecified atom stereocenters. The number of ether oxygens (including phenoxy) is 1. The van der Waals surface area contributed by atoms with Crippen molar-refractivity contribution in [1.29, 1.82) is 0 Å². The second-order valence-electron chi connectivity index (χ2n) is 2.74. The molecule has 0 radical (unpaired) electrons. The second kappa shape index (κ2) is 3.39. The van der Waals surface area contributed by atoms with Crippen LogP contribution in [0.3, 0.4) is 0 Å². The Kier molecular flexibility index (Phi) is 2.08. The molecule has 0 bridgehead atoms. The third-order valence-corrected chi connectivity index (χ3v) is 1.92. The maximum Gasteiger partial charge on any atom is 0.239 e. The van der Waals surface area contributed by atoms with Crippen molar-refractivity contribution in [3.8, 4) is 0 Å². The zero-order chi connectivity index (χ0) is 9.10. The monoisotopic (exact) mass is 174 g/mol. The van der Waals surface area contributed by atoms with Crippen molar-refractivity contribution >= 4 is 5.90 Å². The number of allylic oxidation sites excluding steroid dienone is 1. The van der Waals surface area contributed by atoms with Gasteiger partial charge in [0.2, 0.25) is 5.90 Å². The van der Waals surface area contributed by atoms with Gasteiger partial charge in [-0.05, 0) is 18.1 Å². The van der Waals surface area contributed by atoms with Gasteiger partial charge in [0.1, 0.15) is 5.69 Å². The molecule has 0 spiro atoms. The van der Waals surface area contributed by atoms with E-state index in [0.717, 1.165) is 17.7 Å². The first-order valence-corrected chi connectivity index (χ1v) is 4.13. The molecular formula is C10H10N2O. The average molecular weight is 174 g/mol. The predicted octanol–water partition coefficient (Wildman–Crippen LogP) is 1.54. The topological polar surface area (TPSA) is 34.5 Å². The Bertz CT molecular complexity index is 369. The molecule has 3 nitrogen and oxygen atoms in total. The fraction of sp³-hybridized carbons (Fsp3) is 0.200. The molecule has 0 N–H and O–H groups in total. The first-order chi connectivity index (χ1) is 6.42. The summed E-state index contributed by atoms with van der Waals surface area (Å²) in [5.41, 5.74) is 1.99. The third kappa shape index (κ3) is 1.45. The lowest BCUT2D eigenvalue weighted by atomic mass is 10.1. The van der Waals surface area contributed by atoms with Crippen molar-refractivity contribution in [1.82, 2.24) is 4.98 Å². The van der Waals surface area contributed by atoms with Crippen LogP contribution in [0.5, 0.6) is 0 Å². The van der Waals surface area contributed by atoms with Gasteiger partial charge in [-0.1, -0.05) is 12.1 Å². The van der Waals surface area contributed by atoms with E-state index in [9.17, 15) is 0 Å². The molecule has 2 heterocycles. The van der Waals surface area contributed by atoms with Gasteiger partial charge in [0.15, 0.2) is 0 Å². The summed E-state index contributed by atoms with van der Waals surface area (Å²) in [5.74, 6) is 0.587. The highest BCUT2D eigenvalue weighted by Gasteiger charge is 2.11. The molecule has 66 valence electrons. The molecule has 1 aromatic rings. The minimum absolute atomic E-state index is 0.587. The van der Waals surface area contributed by atoms with Gasteiger partial charge in [0.05, 0.1) is 7.11 Å². The quantitative estimate of drug-likeness (QED) is 0.598. The number of hydrogen-bond donors (Lipinski definition) is 0. The number of fused-ring (bicyclic) bond motifs is 1. The summed E-state index contributed by atoms with van der Waals surface area (Å²) >= 11 is 0. The molecule has 13 heavy (non-hydrogen) atoms. The van der Waals surface area contributed by atoms with E-state index in [1.54, 1.807) is 19.5 Å². The number of pyridine rings is 1. The Morgan fingerprint density at radius 2 is 2.38 bits per heavy atom. The molecule has 0 amide bonds. The standard InChI is InChI=1S/C10H10N2O/c1-13-10-9-8(4-2-6-11-9)5-3-7-12-10/h2-4,6-7H,5H2,1H3. The Hall–Kier alpha value is -1.64. The van der Waals surface area contributed by atoms with Crippen molar-refractivity contribution in [3.05, 3.63) is 41.9 Å². The van der Waals surface area contributed by atoms with Crippen LogP contribution < -0.4 is 0 Å². The minimum Gasteiger partial charge on any atom is -0.479 e. The van der Waals surface area contributed by atoms with Crippen molar-refractivity contribution in [2.45, 2.75) is 6.42 Å². The molecule has 3 heteroatoms. The molecular weight excluding hydrogens is 164 g/mol. The first-order valence-electron chi connectivity index (χ1n) is 4.13. The van der Waals surface area contributed by atoms with Crippen LogP contribution in [0.1, 0.15) is 11.3 Å². The fourth-order valence-electron chi connectivity index (χ4n) is 1.31. The van der Waals surface area contributed by atoms with Gasteiger partial charge in [-0.2, -0.15) is 0 Å². The summed E-state index contributed by atoms with van der Waals surface area (Å²) < 4.78 is 5.13. The van der Waals surface area contributed by atoms with Gasteiger partial charge in [0, 0.05) is 12.4 Å². The van der Waals surface area contributed by atoms with Crippen LogP contribution in [0.15, 0.2) is 35.6 Å². The largest absolute Gasteiger partial charge is 0.479 e. The number of aliphatic imine (C=N–C) groups is 1. The van der Waals surface area contributed by atoms with E-state index in [0.29, 0.717) is 5.90 Å². The fourth-order valence-corrected chi connectivity index (χ4v) is 1.31. The number of hydrogen-bond acceptors (Lipinski definition) is 3. The normalized spacial score (nSPS) is 14.4. The van der Waals surface area contributed by atoms with E-state index in [4.69, 9.17) is 4.74 Å². The SMILES string of the molecule is COC1=NC=CCc2cccnc21. The number of methoxy groups -OCH3 is 1. The highest BCUT2D eigenvalue weighted by atomic mass is 16.5. The van der Waals surface area contributed by atoms with Gasteiger partial charge in [-0.3, -0.25) is 4.98 Å². The lowest BCUT2D eigenvalue weighted by Crippen LogP contribution is -2.07. The highest BCUT2D eigenvalue weighted by Crippen LogP contribution is 2.11. The van der Waals surface area contributed by atoms with Crippen LogP contribution in [0.25, 0.3) is 0 Å². The molecule has 0 fully saturated rings. The van der Waals surface area contributed by atoms with Gasteiger partial charge in [0.25, 0.3) is 0 Å². The second-order valence-corrected chi connectivity index (χ2v) is 2.74. The smallest absolute Gasteiger partial charge is 0.239 e. The van der Waals surface area contributed by atoms with E-state index in [1.807, 2.05) is 18.2 Å². The van der Waals surface area contributed by atoms with Gasteiger partial charge < -0.3 is 4.74 Å². The molecule has 0 saturated carbocycles. The number of nitrogens with zero attached hydrogens (tertiary/aromatic N) is 2. The van der Waals surface area contributed by atoms with E-state index in [1.165, 1.54) is 0 Å². The van der Waals surface area contributed by atoms with Gasteiger partial charge in [-0.15, -0.1) is 0 Å². The summed E-state index contributed by atoms with van der Waals surface area (Å²) in [6.45, 7) is 0. The molecule has 0 aliphatic carbocycles. The Morgan fingerprint density at radius 3 is 3.23 bits per heavy atom. The maximum absolute atomic E-state index is 5.13. The van der Waals surface area contributed by atoms with E-state index >= 15 is 0 Å². The summed E-state index contributed by atoms with van der Waals surface area (Å²) in [4.78, 5) is 8.37. The summed E-state index contributed by atoms with van der Waals surface area (Å²) in [6.07, 6.45) is 6.35. The lowest BCUT2D eigenvalue weighted by molar-refractivity contribution is 0.403. The Labute approximate surface area is 76.8 Å². The van der Waals surface area contributed by atoms with Crippen molar-refractivity contribution in [2.75, 3.05) is 7.11 Å². The zero-order valence-corrected chi connectivity index (χ0v) is 7.40. The first kappa shape index (κ1) is 7.98. The zero-order valence-electron chi connectivity index (χ0n) is 7.40. The van der Waals surface area contributed by atoms with E-state index in [-0.39, 0.29) is 0 Å². The summed E-state index contributed by atoms with van der Waals surface area (Å²) in [7, 11) is 1.61. The molecule has 1 aliphatic rings. The molecule has 2 rings (SSSR count). The maximum atomic E-state index is 5.13. The minimum atomic E-state index is 0.587.